The van der Waals surface area contributed by atoms with E-state index in [2.05, 4.69) is 10.6 Å². The van der Waals surface area contributed by atoms with E-state index in [9.17, 15) is 25.0 Å². The van der Waals surface area contributed by atoms with Gasteiger partial charge in [-0.05, 0) is 45.6 Å². The monoisotopic (exact) mass is 445 g/mol. The number of alkyl carbamates (subject to hydrolysis) is 1. The van der Waals surface area contributed by atoms with Gasteiger partial charge in [-0.25, -0.2) is 4.79 Å². The topological polar surface area (TPSA) is 138 Å². The van der Waals surface area contributed by atoms with Crippen molar-refractivity contribution in [1.82, 2.24) is 10.6 Å². The lowest BCUT2D eigenvalue weighted by Crippen LogP contribution is -2.51. The lowest BCUT2D eigenvalue weighted by molar-refractivity contribution is -0.384. The Hall–Kier alpha value is -3.35. The van der Waals surface area contributed by atoms with Gasteiger partial charge in [0, 0.05) is 31.3 Å². The number of nitrogens with zero attached hydrogens (tertiary/aromatic N) is 3. The number of nitriles is 1. The predicted octanol–water partition coefficient (Wildman–Crippen LogP) is 3.10. The molecule has 0 aliphatic carbocycles. The number of rotatable bonds is 7. The summed E-state index contributed by atoms with van der Waals surface area (Å²) >= 11 is 0. The van der Waals surface area contributed by atoms with Crippen LogP contribution in [-0.2, 0) is 9.53 Å². The van der Waals surface area contributed by atoms with Gasteiger partial charge in [0.05, 0.1) is 16.2 Å². The van der Waals surface area contributed by atoms with Gasteiger partial charge in [0.15, 0.2) is 0 Å². The zero-order chi connectivity index (χ0) is 24.1. The number of nitro groups is 1. The highest BCUT2D eigenvalue weighted by Crippen LogP contribution is 2.28. The minimum absolute atomic E-state index is 0.140. The molecule has 0 unspecified atom stereocenters. The number of ether oxygens (including phenoxy) is 1. The first kappa shape index (κ1) is 24.9. The minimum atomic E-state index is -0.729. The van der Waals surface area contributed by atoms with Crippen LogP contribution in [0.2, 0.25) is 0 Å². The SMILES string of the molecule is CC(C)C[C@H](NC(=O)OC(C)(C)C)C(=O)N[C@H]1CCN(c2ccc([N+](=O)[O-])cc2C#N)C1. The zero-order valence-electron chi connectivity index (χ0n) is 19.2. The number of carbonyl (C=O) groups is 2. The average molecular weight is 446 g/mol. The molecule has 1 aliphatic heterocycles. The van der Waals surface area contributed by atoms with Crippen molar-refractivity contribution in [3.63, 3.8) is 0 Å². The normalized spacial score (nSPS) is 16.9. The third-order valence-corrected chi connectivity index (χ3v) is 4.90. The fourth-order valence-electron chi connectivity index (χ4n) is 3.55. The molecule has 1 heterocycles. The van der Waals surface area contributed by atoms with Crippen LogP contribution in [0.1, 0.15) is 53.0 Å². The number of anilines is 1. The van der Waals surface area contributed by atoms with Gasteiger partial charge in [0.25, 0.3) is 5.69 Å². The summed E-state index contributed by atoms with van der Waals surface area (Å²) in [5.74, 6) is -0.111. The van der Waals surface area contributed by atoms with Gasteiger partial charge in [-0.15, -0.1) is 0 Å². The minimum Gasteiger partial charge on any atom is -0.444 e. The maximum atomic E-state index is 12.9. The van der Waals surface area contributed by atoms with Crippen LogP contribution in [0.15, 0.2) is 18.2 Å². The van der Waals surface area contributed by atoms with Gasteiger partial charge in [0.2, 0.25) is 5.91 Å². The summed E-state index contributed by atoms with van der Waals surface area (Å²) in [6.45, 7) is 10.2. The molecule has 0 aromatic heterocycles. The van der Waals surface area contributed by atoms with Gasteiger partial charge in [-0.3, -0.25) is 14.9 Å². The molecule has 0 saturated carbocycles. The summed E-state index contributed by atoms with van der Waals surface area (Å²) in [7, 11) is 0. The van der Waals surface area contributed by atoms with Crippen LogP contribution < -0.4 is 15.5 Å². The summed E-state index contributed by atoms with van der Waals surface area (Å²) in [6.07, 6.45) is 0.465. The molecule has 0 bridgehead atoms. The summed E-state index contributed by atoms with van der Waals surface area (Å²) < 4.78 is 5.28. The maximum absolute atomic E-state index is 12.9. The van der Waals surface area contributed by atoms with E-state index >= 15 is 0 Å². The second-order valence-corrected chi connectivity index (χ2v) is 9.34. The quantitative estimate of drug-likeness (QED) is 0.486. The molecular formula is C22H31N5O5. The van der Waals surface area contributed by atoms with Gasteiger partial charge in [0.1, 0.15) is 17.7 Å². The van der Waals surface area contributed by atoms with Crippen molar-refractivity contribution in [3.8, 4) is 6.07 Å². The molecule has 1 aromatic rings. The number of carbonyl (C=O) groups excluding carboxylic acids is 2. The molecule has 174 valence electrons. The highest BCUT2D eigenvalue weighted by molar-refractivity contribution is 5.86. The highest BCUT2D eigenvalue weighted by Gasteiger charge is 2.30. The lowest BCUT2D eigenvalue weighted by atomic mass is 10.0. The Labute approximate surface area is 188 Å². The van der Waals surface area contributed by atoms with Gasteiger partial charge in [-0.2, -0.15) is 5.26 Å². The maximum Gasteiger partial charge on any atom is 0.408 e. The Morgan fingerprint density at radius 2 is 2.06 bits per heavy atom. The van der Waals surface area contributed by atoms with Gasteiger partial charge >= 0.3 is 6.09 Å². The fourth-order valence-corrected chi connectivity index (χ4v) is 3.55. The number of nitrogens with one attached hydrogen (secondary N) is 2. The van der Waals surface area contributed by atoms with Crippen molar-refractivity contribution in [2.45, 2.75) is 65.1 Å². The van der Waals surface area contributed by atoms with E-state index in [-0.39, 0.29) is 29.1 Å². The first-order valence-corrected chi connectivity index (χ1v) is 10.6. The molecule has 1 aromatic carbocycles. The Balaban J connectivity index is 2.04. The molecular weight excluding hydrogens is 414 g/mol. The molecule has 2 N–H and O–H groups in total. The molecule has 1 aliphatic rings. The molecule has 2 atom stereocenters. The Morgan fingerprint density at radius 3 is 2.62 bits per heavy atom. The Kier molecular flexibility index (Phi) is 8.02. The van der Waals surface area contributed by atoms with Crippen molar-refractivity contribution in [1.29, 1.82) is 5.26 Å². The molecule has 10 heteroatoms. The number of non-ortho nitro benzene ring substituents is 1. The predicted molar refractivity (Wildman–Crippen MR) is 119 cm³/mol. The molecule has 2 amide bonds. The van der Waals surface area contributed by atoms with Crippen molar-refractivity contribution in [2.75, 3.05) is 18.0 Å². The van der Waals surface area contributed by atoms with E-state index in [0.717, 1.165) is 0 Å². The van der Waals surface area contributed by atoms with Gasteiger partial charge in [-0.1, -0.05) is 13.8 Å². The summed E-state index contributed by atoms with van der Waals surface area (Å²) in [6, 6.07) is 5.28. The van der Waals surface area contributed by atoms with Crippen LogP contribution in [-0.4, -0.2) is 47.7 Å². The van der Waals surface area contributed by atoms with E-state index in [0.29, 0.717) is 31.6 Å². The lowest BCUT2D eigenvalue weighted by Gasteiger charge is -2.25. The average Bonchev–Trinajstić information content (AvgIpc) is 3.13. The number of amides is 2. The van der Waals surface area contributed by atoms with Crippen LogP contribution >= 0.6 is 0 Å². The van der Waals surface area contributed by atoms with Gasteiger partial charge < -0.3 is 20.3 Å². The molecule has 2 rings (SSSR count). The third kappa shape index (κ3) is 7.11. The van der Waals surface area contributed by atoms with Crippen molar-refractivity contribution >= 4 is 23.4 Å². The standard InChI is InChI=1S/C22H31N5O5/c1-14(2)10-18(25-21(29)32-22(3,4)5)20(28)24-16-8-9-26(13-16)19-7-6-17(27(30)31)11-15(19)12-23/h6-7,11,14,16,18H,8-10,13H2,1-5H3,(H,24,28)(H,25,29)/t16-,18-/m0/s1. The van der Waals surface area contributed by atoms with Crippen molar-refractivity contribution in [3.05, 3.63) is 33.9 Å². The van der Waals surface area contributed by atoms with E-state index < -0.39 is 22.7 Å². The van der Waals surface area contributed by atoms with Crippen molar-refractivity contribution < 1.29 is 19.2 Å². The number of benzene rings is 1. The second kappa shape index (κ2) is 10.3. The van der Waals surface area contributed by atoms with E-state index in [4.69, 9.17) is 4.74 Å². The molecule has 32 heavy (non-hydrogen) atoms. The summed E-state index contributed by atoms with van der Waals surface area (Å²) in [4.78, 5) is 37.4. The number of hydrogen-bond acceptors (Lipinski definition) is 7. The Bertz CT molecular complexity index is 903. The number of nitro benzene ring substituents is 1. The Morgan fingerprint density at radius 1 is 1.38 bits per heavy atom. The first-order chi connectivity index (χ1) is 14.9. The van der Waals surface area contributed by atoms with Crippen LogP contribution in [0, 0.1) is 27.4 Å². The third-order valence-electron chi connectivity index (χ3n) is 4.90. The van der Waals surface area contributed by atoms with E-state index in [1.807, 2.05) is 24.8 Å². The second-order valence-electron chi connectivity index (χ2n) is 9.34. The zero-order valence-corrected chi connectivity index (χ0v) is 19.2. The molecule has 1 saturated heterocycles. The summed E-state index contributed by atoms with van der Waals surface area (Å²) in [5.41, 5.74) is 0.00738. The van der Waals surface area contributed by atoms with Crippen LogP contribution in [0.3, 0.4) is 0 Å². The smallest absolute Gasteiger partial charge is 0.408 e. The molecule has 1 fully saturated rings. The van der Waals surface area contributed by atoms with Crippen LogP contribution in [0.4, 0.5) is 16.2 Å². The molecule has 0 radical (unpaired) electrons. The first-order valence-electron chi connectivity index (χ1n) is 10.6. The fraction of sp³-hybridized carbons (Fsp3) is 0.591. The molecule has 0 spiro atoms. The largest absolute Gasteiger partial charge is 0.444 e. The molecule has 10 nitrogen and oxygen atoms in total. The van der Waals surface area contributed by atoms with Crippen molar-refractivity contribution in [2.24, 2.45) is 5.92 Å². The van der Waals surface area contributed by atoms with Crippen LogP contribution in [0.25, 0.3) is 0 Å². The van der Waals surface area contributed by atoms with Crippen LogP contribution in [0.5, 0.6) is 0 Å². The van der Waals surface area contributed by atoms with E-state index in [1.54, 1.807) is 26.8 Å². The van der Waals surface area contributed by atoms with E-state index in [1.165, 1.54) is 12.1 Å². The summed E-state index contributed by atoms with van der Waals surface area (Å²) in [5, 5.41) is 26.0. The highest BCUT2D eigenvalue weighted by atomic mass is 16.6. The number of hydrogen-bond donors (Lipinski definition) is 2.